The van der Waals surface area contributed by atoms with Crippen LogP contribution in [0.1, 0.15) is 29.6 Å². The van der Waals surface area contributed by atoms with Gasteiger partial charge in [-0.25, -0.2) is 9.59 Å². The van der Waals surface area contributed by atoms with Crippen molar-refractivity contribution in [3.8, 4) is 0 Å². The number of piperidine rings is 1. The van der Waals surface area contributed by atoms with Gasteiger partial charge in [0.25, 0.3) is 5.91 Å². The zero-order valence-electron chi connectivity index (χ0n) is 20.4. The van der Waals surface area contributed by atoms with Gasteiger partial charge in [0.05, 0.1) is 17.8 Å². The normalized spacial score (nSPS) is 22.2. The maximum absolute atomic E-state index is 12.5. The molecule has 9 nitrogen and oxygen atoms in total. The molecule has 4 rings (SSSR count). The third kappa shape index (κ3) is 9.39. The first-order chi connectivity index (χ1) is 17.5. The largest absolute Gasteiger partial charge is 0.490 e. The Bertz CT molecular complexity index is 903. The maximum Gasteiger partial charge on any atom is 0.490 e. The average Bonchev–Trinajstić information content (AvgIpc) is 3.50. The molecule has 0 bridgehead atoms. The molecule has 3 aliphatic rings. The standard InChI is InChI=1S/C18H27N3O2S.2C2HF3O2/c1-19-7-9-20(10-8-19)16-12-18(23-13-16)3-5-21(6-4-18)17(22)15-2-11-24-14-15;2*3-2(4,5)1(6)7/h2,11,14,16H,3-10,12-13H2,1H3;2*(H,6,7). The van der Waals surface area contributed by atoms with Gasteiger partial charge >= 0.3 is 24.3 Å². The zero-order chi connectivity index (χ0) is 28.7. The number of nitrogens with zero attached hydrogens (tertiary/aromatic N) is 3. The van der Waals surface area contributed by atoms with Gasteiger partial charge in [0.15, 0.2) is 0 Å². The molecule has 1 atom stereocenters. The van der Waals surface area contributed by atoms with Crippen molar-refractivity contribution in [2.45, 2.75) is 43.3 Å². The fourth-order valence-corrected chi connectivity index (χ4v) is 4.91. The predicted molar refractivity (Wildman–Crippen MR) is 123 cm³/mol. The van der Waals surface area contributed by atoms with Crippen molar-refractivity contribution < 1.29 is 55.7 Å². The first-order valence-electron chi connectivity index (χ1n) is 11.5. The van der Waals surface area contributed by atoms with Crippen LogP contribution in [0.15, 0.2) is 16.8 Å². The van der Waals surface area contributed by atoms with E-state index >= 15 is 0 Å². The first-order valence-corrected chi connectivity index (χ1v) is 12.5. The van der Waals surface area contributed by atoms with Gasteiger partial charge in [-0.2, -0.15) is 37.7 Å². The number of halogens is 6. The minimum atomic E-state index is -5.08. The zero-order valence-corrected chi connectivity index (χ0v) is 21.2. The lowest BCUT2D eigenvalue weighted by Gasteiger charge is -2.40. The molecule has 1 aromatic rings. The molecule has 0 radical (unpaired) electrons. The van der Waals surface area contributed by atoms with Gasteiger partial charge in [-0.15, -0.1) is 0 Å². The number of alkyl halides is 6. The number of aliphatic carboxylic acids is 2. The van der Waals surface area contributed by atoms with E-state index in [0.717, 1.165) is 70.7 Å². The number of hydrogen-bond donors (Lipinski definition) is 2. The Morgan fingerprint density at radius 1 is 0.947 bits per heavy atom. The van der Waals surface area contributed by atoms with Crippen LogP contribution in [0, 0.1) is 0 Å². The summed E-state index contributed by atoms with van der Waals surface area (Å²) in [5.74, 6) is -5.33. The van der Waals surface area contributed by atoms with Gasteiger partial charge in [-0.1, -0.05) is 0 Å². The quantitative estimate of drug-likeness (QED) is 0.517. The number of amides is 1. The molecule has 1 aromatic heterocycles. The van der Waals surface area contributed by atoms with E-state index in [1.54, 1.807) is 11.3 Å². The van der Waals surface area contributed by atoms with Crippen LogP contribution >= 0.6 is 11.3 Å². The average molecular weight is 578 g/mol. The summed E-state index contributed by atoms with van der Waals surface area (Å²) in [5, 5.41) is 18.2. The lowest BCUT2D eigenvalue weighted by molar-refractivity contribution is -0.193. The highest BCUT2D eigenvalue weighted by Crippen LogP contribution is 2.38. The highest BCUT2D eigenvalue weighted by atomic mass is 32.1. The third-order valence-electron chi connectivity index (χ3n) is 6.46. The summed E-state index contributed by atoms with van der Waals surface area (Å²) in [6.07, 6.45) is -7.07. The van der Waals surface area contributed by atoms with E-state index in [0.29, 0.717) is 6.04 Å². The van der Waals surface area contributed by atoms with Crippen LogP contribution < -0.4 is 0 Å². The van der Waals surface area contributed by atoms with Gasteiger partial charge in [-0.05, 0) is 37.8 Å². The number of hydrogen-bond acceptors (Lipinski definition) is 7. The SMILES string of the molecule is CN1CCN(C2COC3(CCN(C(=O)c4ccsc4)CC3)C2)CC1.O=C(O)C(F)(F)F.O=C(O)C(F)(F)F. The summed E-state index contributed by atoms with van der Waals surface area (Å²) in [6, 6.07) is 2.49. The third-order valence-corrected chi connectivity index (χ3v) is 7.14. The van der Waals surface area contributed by atoms with Crippen LogP contribution in [0.25, 0.3) is 0 Å². The molecule has 216 valence electrons. The van der Waals surface area contributed by atoms with Crippen LogP contribution in [-0.2, 0) is 14.3 Å². The first kappa shape index (κ1) is 31.8. The Hall–Kier alpha value is -2.43. The smallest absolute Gasteiger partial charge is 0.475 e. The lowest BCUT2D eigenvalue weighted by Crippen LogP contribution is -2.50. The van der Waals surface area contributed by atoms with Crippen molar-refractivity contribution >= 4 is 29.2 Å². The van der Waals surface area contributed by atoms with Crippen LogP contribution in [0.5, 0.6) is 0 Å². The molecule has 0 aromatic carbocycles. The molecule has 1 unspecified atom stereocenters. The Labute approximate surface area is 218 Å². The summed E-state index contributed by atoms with van der Waals surface area (Å²) < 4.78 is 69.8. The van der Waals surface area contributed by atoms with Gasteiger partial charge in [0.1, 0.15) is 0 Å². The summed E-state index contributed by atoms with van der Waals surface area (Å²) in [7, 11) is 2.20. The fraction of sp³-hybridized carbons (Fsp3) is 0.682. The topological polar surface area (TPSA) is 111 Å². The van der Waals surface area contributed by atoms with E-state index in [9.17, 15) is 31.1 Å². The van der Waals surface area contributed by atoms with Crippen molar-refractivity contribution in [3.05, 3.63) is 22.4 Å². The number of likely N-dealkylation sites (N-methyl/N-ethyl adjacent to an activating group) is 1. The Morgan fingerprint density at radius 3 is 1.87 bits per heavy atom. The van der Waals surface area contributed by atoms with Gasteiger partial charge < -0.3 is 24.7 Å². The second kappa shape index (κ2) is 13.1. The van der Waals surface area contributed by atoms with Crippen molar-refractivity contribution in [1.29, 1.82) is 0 Å². The number of carbonyl (C=O) groups excluding carboxylic acids is 1. The van der Waals surface area contributed by atoms with Crippen molar-refractivity contribution in [2.75, 3.05) is 52.9 Å². The molecule has 38 heavy (non-hydrogen) atoms. The van der Waals surface area contributed by atoms with Gasteiger partial charge in [0.2, 0.25) is 0 Å². The minimum absolute atomic E-state index is 0.0133. The molecule has 1 spiro atoms. The number of likely N-dealkylation sites (tertiary alicyclic amines) is 1. The summed E-state index contributed by atoms with van der Waals surface area (Å²) in [4.78, 5) is 37.3. The van der Waals surface area contributed by atoms with E-state index in [-0.39, 0.29) is 11.5 Å². The number of rotatable bonds is 2. The molecule has 3 fully saturated rings. The van der Waals surface area contributed by atoms with Crippen molar-refractivity contribution in [1.82, 2.24) is 14.7 Å². The van der Waals surface area contributed by atoms with E-state index in [1.165, 1.54) is 0 Å². The van der Waals surface area contributed by atoms with E-state index in [1.807, 2.05) is 21.7 Å². The predicted octanol–water partition coefficient (Wildman–Crippen LogP) is 3.03. The molecule has 3 saturated heterocycles. The number of carboxylic acid groups (broad SMARTS) is 2. The van der Waals surface area contributed by atoms with E-state index in [2.05, 4.69) is 16.8 Å². The molecule has 0 aliphatic carbocycles. The van der Waals surface area contributed by atoms with Gasteiger partial charge in [0, 0.05) is 50.7 Å². The number of piperazine rings is 1. The molecular weight excluding hydrogens is 548 g/mol. The van der Waals surface area contributed by atoms with Crippen molar-refractivity contribution in [3.63, 3.8) is 0 Å². The second-order valence-electron chi connectivity index (χ2n) is 9.10. The summed E-state index contributed by atoms with van der Waals surface area (Å²) >= 11 is 1.59. The molecule has 1 amide bonds. The van der Waals surface area contributed by atoms with Crippen LogP contribution in [0.2, 0.25) is 0 Å². The molecule has 2 N–H and O–H groups in total. The van der Waals surface area contributed by atoms with E-state index < -0.39 is 24.3 Å². The molecular formula is C22H29F6N3O6S. The Kier molecular flexibility index (Phi) is 10.9. The van der Waals surface area contributed by atoms with Crippen LogP contribution in [0.3, 0.4) is 0 Å². The summed E-state index contributed by atoms with van der Waals surface area (Å²) in [5.41, 5.74) is 0.845. The second-order valence-corrected chi connectivity index (χ2v) is 9.88. The molecule has 4 heterocycles. The minimum Gasteiger partial charge on any atom is -0.475 e. The summed E-state index contributed by atoms with van der Waals surface area (Å²) in [6.45, 7) is 7.14. The number of carbonyl (C=O) groups is 3. The highest BCUT2D eigenvalue weighted by molar-refractivity contribution is 7.08. The maximum atomic E-state index is 12.5. The van der Waals surface area contributed by atoms with Crippen molar-refractivity contribution in [2.24, 2.45) is 0 Å². The van der Waals surface area contributed by atoms with E-state index in [4.69, 9.17) is 24.5 Å². The van der Waals surface area contributed by atoms with Crippen LogP contribution in [0.4, 0.5) is 26.3 Å². The Balaban J connectivity index is 0.000000301. The number of ether oxygens (including phenoxy) is 1. The monoisotopic (exact) mass is 577 g/mol. The number of carboxylic acids is 2. The molecule has 16 heteroatoms. The number of thiophene rings is 1. The fourth-order valence-electron chi connectivity index (χ4n) is 4.28. The Morgan fingerprint density at radius 2 is 1.45 bits per heavy atom. The molecule has 3 aliphatic heterocycles. The highest BCUT2D eigenvalue weighted by Gasteiger charge is 2.45. The van der Waals surface area contributed by atoms with Gasteiger partial charge in [-0.3, -0.25) is 9.69 Å². The molecule has 0 saturated carbocycles. The lowest BCUT2D eigenvalue weighted by atomic mass is 9.86. The van der Waals surface area contributed by atoms with Crippen LogP contribution in [-0.4, -0.2) is 120 Å².